The van der Waals surface area contributed by atoms with Gasteiger partial charge in [0.2, 0.25) is 12.7 Å². The zero-order valence-corrected chi connectivity index (χ0v) is 15.3. The molecule has 0 saturated heterocycles. The molecule has 1 aliphatic rings. The van der Waals surface area contributed by atoms with Crippen molar-refractivity contribution in [2.24, 2.45) is 0 Å². The van der Waals surface area contributed by atoms with E-state index in [1.165, 1.54) is 6.08 Å². The highest BCUT2D eigenvalue weighted by Gasteiger charge is 2.17. The van der Waals surface area contributed by atoms with Gasteiger partial charge in [-0.2, -0.15) is 0 Å². The van der Waals surface area contributed by atoms with Gasteiger partial charge in [-0.05, 0) is 41.5 Å². The molecular weight excluding hydrogens is 394 g/mol. The summed E-state index contributed by atoms with van der Waals surface area (Å²) >= 11 is 9.53. The number of carbonyl (C=O) groups excluding carboxylic acids is 1. The lowest BCUT2D eigenvalue weighted by Gasteiger charge is -2.15. The summed E-state index contributed by atoms with van der Waals surface area (Å²) in [6.07, 6.45) is 3.24. The van der Waals surface area contributed by atoms with Crippen molar-refractivity contribution in [2.45, 2.75) is 6.54 Å². The standard InChI is InChI=1S/C18H15BrClNO3/c1-21(10-12-2-5-14(19)6-3-12)17(22)7-4-13-8-15(20)18-16(9-13)23-11-24-18/h2-9H,10-11H2,1H3/b7-4+. The fourth-order valence-corrected chi connectivity index (χ4v) is 2.86. The van der Waals surface area contributed by atoms with Crippen molar-refractivity contribution >= 4 is 39.5 Å². The average Bonchev–Trinajstić information content (AvgIpc) is 3.04. The second-order valence-corrected chi connectivity index (χ2v) is 6.71. The molecule has 24 heavy (non-hydrogen) atoms. The molecular formula is C18H15BrClNO3. The van der Waals surface area contributed by atoms with E-state index in [0.717, 1.165) is 15.6 Å². The molecule has 0 fully saturated rings. The van der Waals surface area contributed by atoms with Crippen LogP contribution < -0.4 is 9.47 Å². The molecule has 0 radical (unpaired) electrons. The maximum Gasteiger partial charge on any atom is 0.246 e. The summed E-state index contributed by atoms with van der Waals surface area (Å²) in [5.41, 5.74) is 1.85. The van der Waals surface area contributed by atoms with Crippen molar-refractivity contribution in [1.29, 1.82) is 0 Å². The van der Waals surface area contributed by atoms with Gasteiger partial charge in [0, 0.05) is 24.1 Å². The minimum atomic E-state index is -0.0910. The maximum atomic E-state index is 12.2. The van der Waals surface area contributed by atoms with E-state index in [-0.39, 0.29) is 12.7 Å². The average molecular weight is 409 g/mol. The summed E-state index contributed by atoms with van der Waals surface area (Å²) < 4.78 is 11.6. The molecule has 1 amide bonds. The SMILES string of the molecule is CN(Cc1ccc(Br)cc1)C(=O)/C=C/c1cc(Cl)c2c(c1)OCO2. The number of likely N-dealkylation sites (N-methyl/N-ethyl adjacent to an activating group) is 1. The lowest BCUT2D eigenvalue weighted by Crippen LogP contribution is -2.24. The van der Waals surface area contributed by atoms with Crippen molar-refractivity contribution in [3.8, 4) is 11.5 Å². The van der Waals surface area contributed by atoms with Gasteiger partial charge in [0.1, 0.15) is 0 Å². The number of amides is 1. The first-order chi connectivity index (χ1) is 11.5. The number of nitrogens with zero attached hydrogens (tertiary/aromatic N) is 1. The zero-order chi connectivity index (χ0) is 17.1. The number of hydrogen-bond donors (Lipinski definition) is 0. The first kappa shape index (κ1) is 16.9. The Bertz CT molecular complexity index is 790. The van der Waals surface area contributed by atoms with Crippen molar-refractivity contribution in [1.82, 2.24) is 4.90 Å². The summed E-state index contributed by atoms with van der Waals surface area (Å²) in [4.78, 5) is 13.9. The van der Waals surface area contributed by atoms with Crippen LogP contribution in [0.15, 0.2) is 46.9 Å². The van der Waals surface area contributed by atoms with Crippen LogP contribution in [0.2, 0.25) is 5.02 Å². The van der Waals surface area contributed by atoms with Crippen LogP contribution in [0.25, 0.3) is 6.08 Å². The van der Waals surface area contributed by atoms with Crippen molar-refractivity contribution in [2.75, 3.05) is 13.8 Å². The monoisotopic (exact) mass is 407 g/mol. The van der Waals surface area contributed by atoms with Crippen LogP contribution in [0.1, 0.15) is 11.1 Å². The highest BCUT2D eigenvalue weighted by molar-refractivity contribution is 9.10. The van der Waals surface area contributed by atoms with E-state index >= 15 is 0 Å². The van der Waals surface area contributed by atoms with Crippen LogP contribution in [0, 0.1) is 0 Å². The third kappa shape index (κ3) is 3.91. The quantitative estimate of drug-likeness (QED) is 0.699. The second-order valence-electron chi connectivity index (χ2n) is 5.39. The molecule has 0 aromatic heterocycles. The smallest absolute Gasteiger partial charge is 0.246 e. The minimum Gasteiger partial charge on any atom is -0.454 e. The number of fused-ring (bicyclic) bond motifs is 1. The molecule has 2 aromatic carbocycles. The lowest BCUT2D eigenvalue weighted by molar-refractivity contribution is -0.125. The zero-order valence-electron chi connectivity index (χ0n) is 13.0. The van der Waals surface area contributed by atoms with E-state index in [1.807, 2.05) is 24.3 Å². The molecule has 0 saturated carbocycles. The number of ether oxygens (including phenoxy) is 2. The molecule has 3 rings (SSSR count). The molecule has 0 atom stereocenters. The van der Waals surface area contributed by atoms with Crippen molar-refractivity contribution in [3.05, 3.63) is 63.1 Å². The Kier molecular flexibility index (Phi) is 5.11. The van der Waals surface area contributed by atoms with Gasteiger partial charge in [-0.1, -0.05) is 39.7 Å². The molecule has 0 aliphatic carbocycles. The number of halogens is 2. The van der Waals surface area contributed by atoms with Gasteiger partial charge in [-0.25, -0.2) is 0 Å². The Morgan fingerprint density at radius 2 is 2.04 bits per heavy atom. The van der Waals surface area contributed by atoms with Gasteiger partial charge < -0.3 is 14.4 Å². The topological polar surface area (TPSA) is 38.8 Å². The number of benzene rings is 2. The first-order valence-corrected chi connectivity index (χ1v) is 8.47. The Morgan fingerprint density at radius 1 is 1.29 bits per heavy atom. The molecule has 4 nitrogen and oxygen atoms in total. The predicted octanol–water partition coefficient (Wildman–Crippen LogP) is 4.50. The number of carbonyl (C=O) groups is 1. The van der Waals surface area contributed by atoms with Gasteiger partial charge in [0.25, 0.3) is 0 Å². The maximum absolute atomic E-state index is 12.2. The minimum absolute atomic E-state index is 0.0910. The summed E-state index contributed by atoms with van der Waals surface area (Å²) in [6, 6.07) is 11.4. The molecule has 1 heterocycles. The summed E-state index contributed by atoms with van der Waals surface area (Å²) in [5.74, 6) is 1.05. The van der Waals surface area contributed by atoms with Crippen molar-refractivity contribution in [3.63, 3.8) is 0 Å². The third-order valence-corrected chi connectivity index (χ3v) is 4.39. The van der Waals surface area contributed by atoms with E-state index < -0.39 is 0 Å². The predicted molar refractivity (Wildman–Crippen MR) is 97.2 cm³/mol. The third-order valence-electron chi connectivity index (χ3n) is 3.58. The number of rotatable bonds is 4. The Hall–Kier alpha value is -1.98. The second kappa shape index (κ2) is 7.28. The van der Waals surface area contributed by atoms with Gasteiger partial charge in [-0.3, -0.25) is 4.79 Å². The molecule has 2 aromatic rings. The Morgan fingerprint density at radius 3 is 2.79 bits per heavy atom. The van der Waals surface area contributed by atoms with Crippen LogP contribution >= 0.6 is 27.5 Å². The van der Waals surface area contributed by atoms with E-state index in [9.17, 15) is 4.79 Å². The highest BCUT2D eigenvalue weighted by atomic mass is 79.9. The lowest BCUT2D eigenvalue weighted by atomic mass is 10.1. The molecule has 0 N–H and O–H groups in total. The molecule has 124 valence electrons. The first-order valence-electron chi connectivity index (χ1n) is 7.30. The normalized spacial score (nSPS) is 12.6. The van der Waals surface area contributed by atoms with Crippen LogP contribution in [-0.2, 0) is 11.3 Å². The van der Waals surface area contributed by atoms with Crippen LogP contribution in [0.5, 0.6) is 11.5 Å². The molecule has 0 unspecified atom stereocenters. The van der Waals surface area contributed by atoms with Crippen LogP contribution in [0.4, 0.5) is 0 Å². The fourth-order valence-electron chi connectivity index (χ4n) is 2.32. The van der Waals surface area contributed by atoms with E-state index in [0.29, 0.717) is 23.1 Å². The number of hydrogen-bond acceptors (Lipinski definition) is 3. The van der Waals surface area contributed by atoms with Gasteiger partial charge in [0.05, 0.1) is 5.02 Å². The van der Waals surface area contributed by atoms with Crippen LogP contribution in [0.3, 0.4) is 0 Å². The molecule has 0 spiro atoms. The Labute approximate surface area is 153 Å². The van der Waals surface area contributed by atoms with E-state index in [2.05, 4.69) is 15.9 Å². The van der Waals surface area contributed by atoms with Gasteiger partial charge >= 0.3 is 0 Å². The molecule has 0 bridgehead atoms. The van der Waals surface area contributed by atoms with Crippen molar-refractivity contribution < 1.29 is 14.3 Å². The molecule has 6 heteroatoms. The molecule has 1 aliphatic heterocycles. The summed E-state index contributed by atoms with van der Waals surface area (Å²) in [5, 5.41) is 0.473. The Balaban J connectivity index is 1.66. The van der Waals surface area contributed by atoms with E-state index in [1.54, 1.807) is 30.2 Å². The van der Waals surface area contributed by atoms with Gasteiger partial charge in [-0.15, -0.1) is 0 Å². The highest BCUT2D eigenvalue weighted by Crippen LogP contribution is 2.40. The van der Waals surface area contributed by atoms with Crippen LogP contribution in [-0.4, -0.2) is 24.6 Å². The fraction of sp³-hybridized carbons (Fsp3) is 0.167. The van der Waals surface area contributed by atoms with Gasteiger partial charge in [0.15, 0.2) is 11.5 Å². The summed E-state index contributed by atoms with van der Waals surface area (Å²) in [7, 11) is 1.77. The summed E-state index contributed by atoms with van der Waals surface area (Å²) in [6.45, 7) is 0.704. The largest absolute Gasteiger partial charge is 0.454 e. The van der Waals surface area contributed by atoms with E-state index in [4.69, 9.17) is 21.1 Å².